The van der Waals surface area contributed by atoms with Crippen LogP contribution in [0.15, 0.2) is 18.3 Å². The predicted octanol–water partition coefficient (Wildman–Crippen LogP) is 1.31. The third kappa shape index (κ3) is 2.00. The number of hydrogen-bond donors (Lipinski definition) is 1. The zero-order chi connectivity index (χ0) is 12.4. The minimum atomic E-state index is -0.196. The summed E-state index contributed by atoms with van der Waals surface area (Å²) in [7, 11) is 0. The molecule has 2 heterocycles. The van der Waals surface area contributed by atoms with Gasteiger partial charge in [-0.3, -0.25) is 9.20 Å². The summed E-state index contributed by atoms with van der Waals surface area (Å²) in [4.78, 5) is 16.3. The minimum absolute atomic E-state index is 0.196. The molecule has 1 amide bonds. The Hall–Kier alpha value is -2.28. The molecule has 0 unspecified atom stereocenters. The molecule has 4 heteroatoms. The van der Waals surface area contributed by atoms with Crippen LogP contribution < -0.4 is 5.32 Å². The van der Waals surface area contributed by atoms with Crippen LogP contribution in [0.1, 0.15) is 21.7 Å². The number of carbonyl (C=O) groups is 1. The number of fused-ring (bicyclic) bond motifs is 1. The van der Waals surface area contributed by atoms with Crippen LogP contribution in [0.25, 0.3) is 5.65 Å². The normalized spacial score (nSPS) is 10.2. The van der Waals surface area contributed by atoms with Crippen molar-refractivity contribution in [3.63, 3.8) is 0 Å². The van der Waals surface area contributed by atoms with Gasteiger partial charge in [-0.1, -0.05) is 12.0 Å². The van der Waals surface area contributed by atoms with Crippen LogP contribution in [-0.4, -0.2) is 21.8 Å². The molecule has 0 aliphatic carbocycles. The number of carbonyl (C=O) groups excluding carboxylic acids is 1. The first-order valence-corrected chi connectivity index (χ1v) is 5.30. The Kier molecular flexibility index (Phi) is 2.84. The molecule has 17 heavy (non-hydrogen) atoms. The molecule has 1 N–H and O–H groups in total. The Balaban J connectivity index is 2.52. The molecule has 0 radical (unpaired) electrons. The van der Waals surface area contributed by atoms with Gasteiger partial charge in [-0.2, -0.15) is 0 Å². The molecule has 0 aliphatic heterocycles. The van der Waals surface area contributed by atoms with E-state index in [9.17, 15) is 4.79 Å². The van der Waals surface area contributed by atoms with Gasteiger partial charge in [0.2, 0.25) is 0 Å². The summed E-state index contributed by atoms with van der Waals surface area (Å²) in [6.45, 7) is 4.00. The quantitative estimate of drug-likeness (QED) is 0.786. The van der Waals surface area contributed by atoms with Crippen LogP contribution in [0.2, 0.25) is 0 Å². The molecule has 2 aromatic heterocycles. The molecule has 0 saturated carbocycles. The molecule has 2 rings (SSSR count). The highest BCUT2D eigenvalue weighted by molar-refractivity contribution is 5.94. The fourth-order valence-corrected chi connectivity index (χ4v) is 1.76. The lowest BCUT2D eigenvalue weighted by molar-refractivity contribution is 0.0952. The number of aryl methyl sites for hydroxylation is 2. The zero-order valence-corrected chi connectivity index (χ0v) is 9.82. The summed E-state index contributed by atoms with van der Waals surface area (Å²) >= 11 is 0. The maximum absolute atomic E-state index is 11.9. The summed E-state index contributed by atoms with van der Waals surface area (Å²) in [5, 5.41) is 2.65. The van der Waals surface area contributed by atoms with Crippen LogP contribution in [0, 0.1) is 26.2 Å². The average Bonchev–Trinajstić information content (AvgIpc) is 2.61. The monoisotopic (exact) mass is 227 g/mol. The number of pyridine rings is 1. The third-order valence-electron chi connectivity index (χ3n) is 2.51. The maximum Gasteiger partial charge on any atom is 0.270 e. The van der Waals surface area contributed by atoms with Crippen molar-refractivity contribution < 1.29 is 4.79 Å². The second kappa shape index (κ2) is 4.30. The minimum Gasteiger partial charge on any atom is -0.340 e. The Bertz CT molecular complexity index is 619. The van der Waals surface area contributed by atoms with Crippen LogP contribution in [-0.2, 0) is 0 Å². The van der Waals surface area contributed by atoms with Crippen LogP contribution in [0.3, 0.4) is 0 Å². The van der Waals surface area contributed by atoms with E-state index in [2.05, 4.69) is 16.2 Å². The summed E-state index contributed by atoms with van der Waals surface area (Å²) < 4.78 is 1.79. The Morgan fingerprint density at radius 2 is 2.29 bits per heavy atom. The molecular formula is C13H13N3O. The van der Waals surface area contributed by atoms with Crippen LogP contribution in [0.4, 0.5) is 0 Å². The van der Waals surface area contributed by atoms with E-state index >= 15 is 0 Å². The highest BCUT2D eigenvalue weighted by Gasteiger charge is 2.15. The first-order valence-electron chi connectivity index (χ1n) is 5.30. The molecule has 0 saturated heterocycles. The Morgan fingerprint density at radius 1 is 1.53 bits per heavy atom. The number of aromatic nitrogens is 2. The van der Waals surface area contributed by atoms with Crippen LogP contribution >= 0.6 is 0 Å². The first kappa shape index (κ1) is 11.2. The Morgan fingerprint density at radius 3 is 3.00 bits per heavy atom. The second-order valence-corrected chi connectivity index (χ2v) is 3.87. The highest BCUT2D eigenvalue weighted by atomic mass is 16.1. The standard InChI is InChI=1S/C13H13N3O/c1-4-7-14-13(17)12-10(3)15-11-6-5-9(2)8-16(11)12/h1,5-6,8H,7H2,2-3H3,(H,14,17). The number of nitrogens with zero attached hydrogens (tertiary/aromatic N) is 2. The first-order chi connectivity index (χ1) is 8.13. The largest absolute Gasteiger partial charge is 0.340 e. The van der Waals surface area contributed by atoms with Gasteiger partial charge < -0.3 is 5.32 Å². The maximum atomic E-state index is 11.9. The van der Waals surface area contributed by atoms with Crippen LogP contribution in [0.5, 0.6) is 0 Å². The van der Waals surface area contributed by atoms with E-state index in [0.717, 1.165) is 11.2 Å². The van der Waals surface area contributed by atoms with Crippen molar-refractivity contribution in [1.82, 2.24) is 14.7 Å². The molecule has 0 bridgehead atoms. The lowest BCUT2D eigenvalue weighted by atomic mass is 10.3. The van der Waals surface area contributed by atoms with Crippen molar-refractivity contribution in [2.24, 2.45) is 0 Å². The molecule has 0 aliphatic rings. The number of terminal acetylenes is 1. The molecule has 0 aromatic carbocycles. The number of rotatable bonds is 2. The highest BCUT2D eigenvalue weighted by Crippen LogP contribution is 2.13. The van der Waals surface area contributed by atoms with Crippen molar-refractivity contribution in [2.75, 3.05) is 6.54 Å². The lowest BCUT2D eigenvalue weighted by Crippen LogP contribution is -2.25. The molecule has 86 valence electrons. The molecular weight excluding hydrogens is 214 g/mol. The zero-order valence-electron chi connectivity index (χ0n) is 9.82. The topological polar surface area (TPSA) is 46.4 Å². The van der Waals surface area contributed by atoms with E-state index in [1.54, 1.807) is 4.40 Å². The summed E-state index contributed by atoms with van der Waals surface area (Å²) in [5.41, 5.74) is 3.07. The van der Waals surface area contributed by atoms with Crippen molar-refractivity contribution in [1.29, 1.82) is 0 Å². The molecule has 0 atom stereocenters. The molecule has 2 aromatic rings. The molecule has 0 spiro atoms. The van der Waals surface area contributed by atoms with Gasteiger partial charge in [-0.25, -0.2) is 4.98 Å². The number of nitrogens with one attached hydrogen (secondary N) is 1. The average molecular weight is 227 g/mol. The summed E-state index contributed by atoms with van der Waals surface area (Å²) in [6.07, 6.45) is 7.01. The van der Waals surface area contributed by atoms with E-state index in [4.69, 9.17) is 6.42 Å². The fraction of sp³-hybridized carbons (Fsp3) is 0.231. The number of amides is 1. The smallest absolute Gasteiger partial charge is 0.270 e. The molecule has 0 fully saturated rings. The van der Waals surface area contributed by atoms with Gasteiger partial charge in [0.1, 0.15) is 11.3 Å². The summed E-state index contributed by atoms with van der Waals surface area (Å²) in [5.74, 6) is 2.18. The van der Waals surface area contributed by atoms with E-state index in [1.165, 1.54) is 0 Å². The van der Waals surface area contributed by atoms with Gasteiger partial charge in [0.25, 0.3) is 5.91 Å². The van der Waals surface area contributed by atoms with Gasteiger partial charge in [0.15, 0.2) is 0 Å². The van der Waals surface area contributed by atoms with Gasteiger partial charge in [0, 0.05) is 6.20 Å². The third-order valence-corrected chi connectivity index (χ3v) is 2.51. The second-order valence-electron chi connectivity index (χ2n) is 3.87. The number of imidazole rings is 1. The van der Waals surface area contributed by atoms with Gasteiger partial charge in [-0.05, 0) is 25.5 Å². The lowest BCUT2D eigenvalue weighted by Gasteiger charge is -2.03. The van der Waals surface area contributed by atoms with E-state index in [1.807, 2.05) is 32.2 Å². The number of hydrogen-bond acceptors (Lipinski definition) is 2. The van der Waals surface area contributed by atoms with Crippen molar-refractivity contribution in [3.8, 4) is 12.3 Å². The van der Waals surface area contributed by atoms with E-state index < -0.39 is 0 Å². The van der Waals surface area contributed by atoms with Crippen molar-refractivity contribution in [2.45, 2.75) is 13.8 Å². The van der Waals surface area contributed by atoms with Gasteiger partial charge in [-0.15, -0.1) is 6.42 Å². The molecule has 4 nitrogen and oxygen atoms in total. The summed E-state index contributed by atoms with van der Waals surface area (Å²) in [6, 6.07) is 3.85. The SMILES string of the molecule is C#CCNC(=O)c1c(C)nc2ccc(C)cn12. The van der Waals surface area contributed by atoms with Crippen molar-refractivity contribution in [3.05, 3.63) is 35.3 Å². The predicted molar refractivity (Wildman–Crippen MR) is 65.8 cm³/mol. The van der Waals surface area contributed by atoms with E-state index in [-0.39, 0.29) is 12.5 Å². The van der Waals surface area contributed by atoms with E-state index in [0.29, 0.717) is 11.4 Å². The van der Waals surface area contributed by atoms with Gasteiger partial charge >= 0.3 is 0 Å². The Labute approximate surface area is 99.7 Å². The van der Waals surface area contributed by atoms with Gasteiger partial charge in [0.05, 0.1) is 12.2 Å². The fourth-order valence-electron chi connectivity index (χ4n) is 1.76. The van der Waals surface area contributed by atoms with Crippen molar-refractivity contribution >= 4 is 11.6 Å².